The molecular formula is C21H19N5O5S. The molecule has 1 aliphatic heterocycles. The lowest BCUT2D eigenvalue weighted by Gasteiger charge is -2.34. The van der Waals surface area contributed by atoms with Crippen LogP contribution in [0.15, 0.2) is 59.6 Å². The molecule has 10 nitrogen and oxygen atoms in total. The molecule has 0 N–H and O–H groups in total. The number of aromatic nitrogens is 1. The Labute approximate surface area is 184 Å². The minimum Gasteiger partial charge on any atom is -0.339 e. The number of carbonyl (C=O) groups is 1. The lowest BCUT2D eigenvalue weighted by molar-refractivity contribution is -0.384. The first-order chi connectivity index (χ1) is 15.3. The van der Waals surface area contributed by atoms with Crippen LogP contribution in [0.4, 0.5) is 5.69 Å². The lowest BCUT2D eigenvalue weighted by Crippen LogP contribution is -2.51. The Bertz CT molecular complexity index is 1330. The van der Waals surface area contributed by atoms with Gasteiger partial charge in [0.2, 0.25) is 15.9 Å². The summed E-state index contributed by atoms with van der Waals surface area (Å²) >= 11 is 0. The maximum Gasteiger partial charge on any atom is 0.270 e. The molecule has 1 aromatic heterocycles. The van der Waals surface area contributed by atoms with Gasteiger partial charge in [0.1, 0.15) is 6.54 Å². The number of fused-ring (bicyclic) bond motifs is 1. The quantitative estimate of drug-likeness (QED) is 0.429. The first kappa shape index (κ1) is 21.5. The molecule has 11 heteroatoms. The highest BCUT2D eigenvalue weighted by atomic mass is 32.2. The molecule has 2 heterocycles. The smallest absolute Gasteiger partial charge is 0.270 e. The molecule has 0 spiro atoms. The molecule has 164 valence electrons. The highest BCUT2D eigenvalue weighted by molar-refractivity contribution is 7.89. The Kier molecular flexibility index (Phi) is 5.65. The predicted molar refractivity (Wildman–Crippen MR) is 115 cm³/mol. The van der Waals surface area contributed by atoms with E-state index < -0.39 is 14.9 Å². The van der Waals surface area contributed by atoms with E-state index in [4.69, 9.17) is 5.26 Å². The van der Waals surface area contributed by atoms with Gasteiger partial charge in [-0.25, -0.2) is 8.42 Å². The van der Waals surface area contributed by atoms with Gasteiger partial charge in [-0.05, 0) is 36.4 Å². The van der Waals surface area contributed by atoms with Crippen molar-refractivity contribution in [2.45, 2.75) is 11.4 Å². The normalized spacial score (nSPS) is 14.9. The van der Waals surface area contributed by atoms with Crippen molar-refractivity contribution in [3.8, 4) is 6.07 Å². The first-order valence-corrected chi connectivity index (χ1v) is 11.2. The SMILES string of the molecule is N#Cc1ccc(S(=O)(=O)N2CCN(C(=O)Cn3ccc4cc([N+](=O)[O-])ccc43)CC2)cc1. The molecule has 0 aliphatic carbocycles. The van der Waals surface area contributed by atoms with Crippen LogP contribution in [0.2, 0.25) is 0 Å². The van der Waals surface area contributed by atoms with Gasteiger partial charge in [0, 0.05) is 55.4 Å². The zero-order chi connectivity index (χ0) is 22.9. The average molecular weight is 453 g/mol. The van der Waals surface area contributed by atoms with Crippen molar-refractivity contribution in [1.29, 1.82) is 5.26 Å². The molecule has 1 fully saturated rings. The van der Waals surface area contributed by atoms with Crippen molar-refractivity contribution in [2.24, 2.45) is 0 Å². The second-order valence-corrected chi connectivity index (χ2v) is 9.30. The Morgan fingerprint density at radius 3 is 2.38 bits per heavy atom. The van der Waals surface area contributed by atoms with Crippen LogP contribution >= 0.6 is 0 Å². The summed E-state index contributed by atoms with van der Waals surface area (Å²) in [5.74, 6) is -0.156. The number of benzene rings is 2. The van der Waals surface area contributed by atoms with E-state index in [2.05, 4.69) is 0 Å². The highest BCUT2D eigenvalue weighted by Gasteiger charge is 2.30. The molecule has 1 aliphatic rings. The molecule has 3 aromatic rings. The van der Waals surface area contributed by atoms with Crippen LogP contribution < -0.4 is 0 Å². The topological polar surface area (TPSA) is 130 Å². The van der Waals surface area contributed by atoms with Crippen LogP contribution in [0.5, 0.6) is 0 Å². The number of nitriles is 1. The fraction of sp³-hybridized carbons (Fsp3) is 0.238. The molecule has 0 bridgehead atoms. The van der Waals surface area contributed by atoms with Gasteiger partial charge in [0.15, 0.2) is 0 Å². The Balaban J connectivity index is 1.41. The molecule has 1 amide bonds. The van der Waals surface area contributed by atoms with Gasteiger partial charge < -0.3 is 9.47 Å². The Morgan fingerprint density at radius 1 is 1.06 bits per heavy atom. The molecular weight excluding hydrogens is 434 g/mol. The Morgan fingerprint density at radius 2 is 1.75 bits per heavy atom. The first-order valence-electron chi connectivity index (χ1n) is 9.81. The molecule has 2 aromatic carbocycles. The number of piperazine rings is 1. The molecule has 0 radical (unpaired) electrons. The number of hydrogen-bond acceptors (Lipinski definition) is 6. The molecule has 32 heavy (non-hydrogen) atoms. The van der Waals surface area contributed by atoms with Gasteiger partial charge in [-0.3, -0.25) is 14.9 Å². The van der Waals surface area contributed by atoms with Crippen molar-refractivity contribution >= 4 is 32.5 Å². The summed E-state index contributed by atoms with van der Waals surface area (Å²) in [5.41, 5.74) is 1.08. The third-order valence-electron chi connectivity index (χ3n) is 5.48. The lowest BCUT2D eigenvalue weighted by atomic mass is 10.2. The average Bonchev–Trinajstić information content (AvgIpc) is 3.21. The number of nitrogens with zero attached hydrogens (tertiary/aromatic N) is 5. The number of rotatable bonds is 5. The minimum absolute atomic E-state index is 0.0128. The monoisotopic (exact) mass is 453 g/mol. The summed E-state index contributed by atoms with van der Waals surface area (Å²) < 4.78 is 28.7. The maximum absolute atomic E-state index is 12.8. The largest absolute Gasteiger partial charge is 0.339 e. The fourth-order valence-corrected chi connectivity index (χ4v) is 5.14. The van der Waals surface area contributed by atoms with E-state index >= 15 is 0 Å². The maximum atomic E-state index is 12.8. The highest BCUT2D eigenvalue weighted by Crippen LogP contribution is 2.23. The number of non-ortho nitro benzene ring substituents is 1. The summed E-state index contributed by atoms with van der Waals surface area (Å²) in [5, 5.41) is 20.5. The van der Waals surface area contributed by atoms with Crippen LogP contribution in [0.1, 0.15) is 5.56 Å². The van der Waals surface area contributed by atoms with E-state index in [0.717, 1.165) is 0 Å². The van der Waals surface area contributed by atoms with Crippen LogP contribution in [0, 0.1) is 21.4 Å². The van der Waals surface area contributed by atoms with Crippen molar-refractivity contribution < 1.29 is 18.1 Å². The molecule has 4 rings (SSSR count). The summed E-state index contributed by atoms with van der Waals surface area (Å²) in [6.07, 6.45) is 1.71. The third-order valence-corrected chi connectivity index (χ3v) is 7.40. The van der Waals surface area contributed by atoms with Gasteiger partial charge >= 0.3 is 0 Å². The van der Waals surface area contributed by atoms with Crippen molar-refractivity contribution in [3.05, 3.63) is 70.4 Å². The second-order valence-electron chi connectivity index (χ2n) is 7.36. The molecule has 0 atom stereocenters. The molecule has 0 saturated carbocycles. The van der Waals surface area contributed by atoms with Crippen LogP contribution in [-0.2, 0) is 21.4 Å². The van der Waals surface area contributed by atoms with E-state index in [-0.39, 0.29) is 49.2 Å². The van der Waals surface area contributed by atoms with Gasteiger partial charge in [0.25, 0.3) is 5.69 Å². The fourth-order valence-electron chi connectivity index (χ4n) is 3.71. The summed E-state index contributed by atoms with van der Waals surface area (Å²) in [6.45, 7) is 0.932. The summed E-state index contributed by atoms with van der Waals surface area (Å²) in [7, 11) is -3.70. The van der Waals surface area contributed by atoms with Crippen LogP contribution in [-0.4, -0.2) is 59.2 Å². The standard InChI is InChI=1S/C21H19N5O5S/c22-14-16-1-4-19(5-2-16)32(30,31)25-11-9-23(10-12-25)21(27)15-24-8-7-17-13-18(26(28)29)3-6-20(17)24/h1-8,13H,9-12,15H2. The summed E-state index contributed by atoms with van der Waals surface area (Å²) in [4.78, 5) is 25.0. The van der Waals surface area contributed by atoms with E-state index in [0.29, 0.717) is 16.5 Å². The van der Waals surface area contributed by atoms with Gasteiger partial charge in [-0.15, -0.1) is 0 Å². The van der Waals surface area contributed by atoms with Gasteiger partial charge in [-0.2, -0.15) is 9.57 Å². The predicted octanol–water partition coefficient (Wildman–Crippen LogP) is 1.95. The van der Waals surface area contributed by atoms with E-state index in [1.165, 1.54) is 40.7 Å². The number of carbonyl (C=O) groups excluding carboxylic acids is 1. The van der Waals surface area contributed by atoms with E-state index in [9.17, 15) is 23.3 Å². The summed E-state index contributed by atoms with van der Waals surface area (Å²) in [6, 6.07) is 13.9. The third kappa shape index (κ3) is 4.05. The minimum atomic E-state index is -3.70. The van der Waals surface area contributed by atoms with E-state index in [1.807, 2.05) is 6.07 Å². The number of amides is 1. The molecule has 0 unspecified atom stereocenters. The van der Waals surface area contributed by atoms with Gasteiger partial charge in [0.05, 0.1) is 21.5 Å². The zero-order valence-electron chi connectivity index (χ0n) is 16.9. The number of sulfonamides is 1. The number of nitro benzene ring substituents is 1. The van der Waals surface area contributed by atoms with Crippen LogP contribution in [0.25, 0.3) is 10.9 Å². The van der Waals surface area contributed by atoms with Crippen LogP contribution in [0.3, 0.4) is 0 Å². The zero-order valence-corrected chi connectivity index (χ0v) is 17.7. The molecule has 1 saturated heterocycles. The number of hydrogen-bond donors (Lipinski definition) is 0. The Hall–Kier alpha value is -3.75. The van der Waals surface area contributed by atoms with Crippen molar-refractivity contribution in [3.63, 3.8) is 0 Å². The van der Waals surface area contributed by atoms with Crippen molar-refractivity contribution in [1.82, 2.24) is 13.8 Å². The second kappa shape index (κ2) is 8.41. The van der Waals surface area contributed by atoms with E-state index in [1.54, 1.807) is 27.8 Å². The van der Waals surface area contributed by atoms with Crippen molar-refractivity contribution in [2.75, 3.05) is 26.2 Å². The van der Waals surface area contributed by atoms with Gasteiger partial charge in [-0.1, -0.05) is 0 Å². The number of nitro groups is 1.